The average Bonchev–Trinajstić information content (AvgIpc) is 3.35. The van der Waals surface area contributed by atoms with Gasteiger partial charge in [-0.05, 0) is 59.5 Å². The summed E-state index contributed by atoms with van der Waals surface area (Å²) in [5, 5.41) is 4.92. The summed E-state index contributed by atoms with van der Waals surface area (Å²) in [4.78, 5) is 41.5. The van der Waals surface area contributed by atoms with Crippen LogP contribution in [-0.4, -0.2) is 29.1 Å². The van der Waals surface area contributed by atoms with Crippen molar-refractivity contribution in [2.24, 2.45) is 0 Å². The van der Waals surface area contributed by atoms with Crippen LogP contribution in [0.15, 0.2) is 88.0 Å². The number of hydrogen-bond donors (Lipinski definition) is 1. The largest absolute Gasteiger partial charge is 0.465 e. The topological polar surface area (TPSA) is 92.8 Å². The summed E-state index contributed by atoms with van der Waals surface area (Å²) >= 11 is 7.33. The summed E-state index contributed by atoms with van der Waals surface area (Å²) < 4.78 is 18.4. The van der Waals surface area contributed by atoms with E-state index < -0.39 is 22.7 Å². The standard InChI is InChI=1S/C27H19ClN2O5S2/c1-35-27(33)24-20(11-12-36-24)29-25(31)17-9-10-23-21(14-17)30(15-16-5-4-6-18(28)13-16)26(32)19-7-2-3-8-22(19)37(23)34/h2-14H,15H2,1H3,(H,29,31)/t37-/m0/s1. The number of methoxy groups -OCH3 is 1. The van der Waals surface area contributed by atoms with Crippen molar-refractivity contribution in [2.45, 2.75) is 16.3 Å². The van der Waals surface area contributed by atoms with Crippen molar-refractivity contribution in [3.8, 4) is 0 Å². The number of nitrogens with one attached hydrogen (secondary N) is 1. The van der Waals surface area contributed by atoms with Gasteiger partial charge in [0.1, 0.15) is 4.88 Å². The summed E-state index contributed by atoms with van der Waals surface area (Å²) in [6, 6.07) is 20.2. The molecule has 1 aromatic heterocycles. The second-order valence-electron chi connectivity index (χ2n) is 8.08. The molecule has 186 valence electrons. The minimum absolute atomic E-state index is 0.153. The molecular formula is C27H19ClN2O5S2. The van der Waals surface area contributed by atoms with Gasteiger partial charge in [0.15, 0.2) is 0 Å². The van der Waals surface area contributed by atoms with Crippen molar-refractivity contribution in [1.29, 1.82) is 0 Å². The highest BCUT2D eigenvalue weighted by Crippen LogP contribution is 2.36. The van der Waals surface area contributed by atoms with E-state index in [4.69, 9.17) is 16.3 Å². The van der Waals surface area contributed by atoms with Gasteiger partial charge >= 0.3 is 5.97 Å². The molecule has 0 saturated carbocycles. The number of rotatable bonds is 5. The van der Waals surface area contributed by atoms with E-state index in [-0.39, 0.29) is 22.9 Å². The summed E-state index contributed by atoms with van der Waals surface area (Å²) in [6.45, 7) is 0.153. The Morgan fingerprint density at radius 1 is 1.03 bits per heavy atom. The molecule has 1 atom stereocenters. The molecule has 2 heterocycles. The fraction of sp³-hybridized carbons (Fsp3) is 0.0741. The van der Waals surface area contributed by atoms with Gasteiger partial charge in [-0.1, -0.05) is 35.9 Å². The Bertz CT molecular complexity index is 1580. The fourth-order valence-electron chi connectivity index (χ4n) is 4.03. The molecule has 0 unspecified atom stereocenters. The lowest BCUT2D eigenvalue weighted by Crippen LogP contribution is -2.30. The third kappa shape index (κ3) is 4.81. The molecular weight excluding hydrogens is 532 g/mol. The van der Waals surface area contributed by atoms with Gasteiger partial charge in [0.25, 0.3) is 11.8 Å². The van der Waals surface area contributed by atoms with Crippen LogP contribution in [0, 0.1) is 0 Å². The van der Waals surface area contributed by atoms with Gasteiger partial charge in [-0.25, -0.2) is 9.00 Å². The molecule has 1 aliphatic rings. The van der Waals surface area contributed by atoms with Gasteiger partial charge in [-0.15, -0.1) is 11.3 Å². The van der Waals surface area contributed by atoms with Crippen LogP contribution >= 0.6 is 22.9 Å². The molecule has 1 aliphatic heterocycles. The second-order valence-corrected chi connectivity index (χ2v) is 10.8. The molecule has 0 fully saturated rings. The summed E-state index contributed by atoms with van der Waals surface area (Å²) in [5.74, 6) is -1.39. The van der Waals surface area contributed by atoms with E-state index in [1.807, 2.05) is 6.07 Å². The Hall–Kier alpha value is -3.79. The second kappa shape index (κ2) is 10.3. The molecule has 0 spiro atoms. The summed E-state index contributed by atoms with van der Waals surface area (Å²) in [7, 11) is -0.388. The molecule has 1 N–H and O–H groups in total. The molecule has 0 aliphatic carbocycles. The Kier molecular flexibility index (Phi) is 6.92. The molecule has 0 bridgehead atoms. The van der Waals surface area contributed by atoms with Crippen LogP contribution in [0.2, 0.25) is 5.02 Å². The SMILES string of the molecule is COC(=O)c1sccc1NC(=O)c1ccc2c(c1)N(Cc1cccc(Cl)c1)C(=O)c1ccccc1[S@@]2=O. The van der Waals surface area contributed by atoms with E-state index >= 15 is 0 Å². The van der Waals surface area contributed by atoms with E-state index in [9.17, 15) is 18.6 Å². The number of ether oxygens (including phenoxy) is 1. The zero-order valence-electron chi connectivity index (χ0n) is 19.4. The minimum Gasteiger partial charge on any atom is -0.465 e. The zero-order valence-corrected chi connectivity index (χ0v) is 21.8. The monoisotopic (exact) mass is 550 g/mol. The van der Waals surface area contributed by atoms with E-state index in [1.165, 1.54) is 12.0 Å². The first-order chi connectivity index (χ1) is 17.9. The Balaban J connectivity index is 1.58. The highest BCUT2D eigenvalue weighted by Gasteiger charge is 2.31. The molecule has 10 heteroatoms. The van der Waals surface area contributed by atoms with E-state index in [1.54, 1.807) is 72.1 Å². The van der Waals surface area contributed by atoms with Gasteiger partial charge in [-0.2, -0.15) is 0 Å². The minimum atomic E-state index is -1.66. The van der Waals surface area contributed by atoms with Crippen LogP contribution in [0.4, 0.5) is 11.4 Å². The van der Waals surface area contributed by atoms with Gasteiger partial charge in [0.2, 0.25) is 0 Å². The van der Waals surface area contributed by atoms with Crippen LogP contribution < -0.4 is 10.2 Å². The Labute approximate surface area is 224 Å². The molecule has 7 nitrogen and oxygen atoms in total. The van der Waals surface area contributed by atoms with Crippen molar-refractivity contribution in [3.05, 3.63) is 105 Å². The summed E-state index contributed by atoms with van der Waals surface area (Å²) in [6.07, 6.45) is 0. The number of benzene rings is 3. The normalized spacial score (nSPS) is 14.4. The predicted molar refractivity (Wildman–Crippen MR) is 143 cm³/mol. The van der Waals surface area contributed by atoms with Crippen LogP contribution in [-0.2, 0) is 22.1 Å². The van der Waals surface area contributed by atoms with E-state index in [0.717, 1.165) is 16.9 Å². The number of carbonyl (C=O) groups is 3. The number of thiophene rings is 1. The first-order valence-electron chi connectivity index (χ1n) is 11.1. The fourth-order valence-corrected chi connectivity index (χ4v) is 6.36. The predicted octanol–water partition coefficient (Wildman–Crippen LogP) is 5.77. The first-order valence-corrected chi connectivity index (χ1v) is 13.5. The molecule has 0 radical (unpaired) electrons. The Morgan fingerprint density at radius 2 is 1.84 bits per heavy atom. The number of anilines is 2. The summed E-state index contributed by atoms with van der Waals surface area (Å²) in [5.41, 5.74) is 2.00. The molecule has 0 saturated heterocycles. The van der Waals surface area contributed by atoms with Crippen molar-refractivity contribution in [3.63, 3.8) is 0 Å². The highest BCUT2D eigenvalue weighted by molar-refractivity contribution is 7.85. The maximum Gasteiger partial charge on any atom is 0.350 e. The maximum absolute atomic E-state index is 13.7. The van der Waals surface area contributed by atoms with E-state index in [0.29, 0.717) is 31.8 Å². The number of esters is 1. The van der Waals surface area contributed by atoms with Crippen LogP contribution in [0.25, 0.3) is 0 Å². The quantitative estimate of drug-likeness (QED) is 0.319. The van der Waals surface area contributed by atoms with Crippen LogP contribution in [0.3, 0.4) is 0 Å². The lowest BCUT2D eigenvalue weighted by Gasteiger charge is -2.23. The average molecular weight is 551 g/mol. The molecule has 4 aromatic rings. The number of carbonyl (C=O) groups excluding carboxylic acids is 3. The molecule has 37 heavy (non-hydrogen) atoms. The van der Waals surface area contributed by atoms with Crippen LogP contribution in [0.1, 0.15) is 36.0 Å². The van der Waals surface area contributed by atoms with Crippen molar-refractivity contribution < 1.29 is 23.3 Å². The maximum atomic E-state index is 13.7. The smallest absolute Gasteiger partial charge is 0.350 e. The molecule has 3 aromatic carbocycles. The number of hydrogen-bond acceptors (Lipinski definition) is 6. The van der Waals surface area contributed by atoms with Gasteiger partial charge in [0, 0.05) is 10.6 Å². The number of halogens is 1. The Morgan fingerprint density at radius 3 is 2.62 bits per heavy atom. The first kappa shape index (κ1) is 24.9. The van der Waals surface area contributed by atoms with Crippen molar-refractivity contribution in [2.75, 3.05) is 17.3 Å². The lowest BCUT2D eigenvalue weighted by molar-refractivity contribution is 0.0607. The number of amides is 2. The van der Waals surface area contributed by atoms with Gasteiger partial charge < -0.3 is 15.0 Å². The van der Waals surface area contributed by atoms with Crippen molar-refractivity contribution >= 4 is 62.9 Å². The van der Waals surface area contributed by atoms with Gasteiger partial charge in [0.05, 0.1) is 51.2 Å². The van der Waals surface area contributed by atoms with Crippen molar-refractivity contribution in [1.82, 2.24) is 0 Å². The number of nitrogens with zero attached hydrogens (tertiary/aromatic N) is 1. The third-order valence-corrected chi connectivity index (χ3v) is 8.42. The lowest BCUT2D eigenvalue weighted by atomic mass is 10.1. The van der Waals surface area contributed by atoms with E-state index in [2.05, 4.69) is 5.32 Å². The number of fused-ring (bicyclic) bond motifs is 2. The third-order valence-electron chi connectivity index (χ3n) is 5.79. The zero-order chi connectivity index (χ0) is 26.1. The van der Waals surface area contributed by atoms with Gasteiger partial charge in [-0.3, -0.25) is 9.59 Å². The molecule has 5 rings (SSSR count). The molecule has 2 amide bonds. The van der Waals surface area contributed by atoms with Crippen LogP contribution in [0.5, 0.6) is 0 Å². The highest BCUT2D eigenvalue weighted by atomic mass is 35.5.